The fourth-order valence-corrected chi connectivity index (χ4v) is 0. The summed E-state index contributed by atoms with van der Waals surface area (Å²) in [5.74, 6) is -0.833. The van der Waals surface area contributed by atoms with Gasteiger partial charge in [-0.05, 0) is 0 Å². The average Bonchev–Trinajstić information content (AvgIpc) is 0.811. The van der Waals surface area contributed by atoms with Crippen molar-refractivity contribution in [2.75, 3.05) is 0 Å². The molecule has 0 aromatic carbocycles. The maximum atomic E-state index is 9.00. The van der Waals surface area contributed by atoms with Crippen molar-refractivity contribution in [2.45, 2.75) is 6.92 Å². The maximum absolute atomic E-state index is 9.00. The third-order valence-corrected chi connectivity index (χ3v) is 0. The average molecular weight is 225 g/mol. The van der Waals surface area contributed by atoms with E-state index in [2.05, 4.69) is 0 Å². The molecule has 56 valence electrons. The molecule has 0 saturated carbocycles. The topological polar surface area (TPSA) is 37.3 Å². The molecule has 2 nitrogen and oxygen atoms in total. The van der Waals surface area contributed by atoms with Crippen LogP contribution in [0.15, 0.2) is 0 Å². The predicted octanol–water partition coefficient (Wildman–Crippen LogP) is 1.35. The van der Waals surface area contributed by atoms with E-state index in [0.717, 1.165) is 6.92 Å². The Hall–Kier alpha value is 0.859. The fraction of sp³-hybridized carbons (Fsp3) is 0.500. The molecule has 6 heteroatoms. The van der Waals surface area contributed by atoms with E-state index in [0.29, 0.717) is 0 Å². The van der Waals surface area contributed by atoms with Gasteiger partial charge in [-0.2, -0.15) is 0 Å². The summed E-state index contributed by atoms with van der Waals surface area (Å²) in [6.07, 6.45) is 0. The fourth-order valence-electron chi connectivity index (χ4n) is 0. The normalized spacial score (nSPS) is 3.12. The summed E-state index contributed by atoms with van der Waals surface area (Å²) in [6.45, 7) is 1.08. The van der Waals surface area contributed by atoms with E-state index < -0.39 is 5.97 Å². The number of rotatable bonds is 0. The minimum absolute atomic E-state index is 0. The van der Waals surface area contributed by atoms with Crippen LogP contribution >= 0.6 is 37.2 Å². The Morgan fingerprint density at radius 1 is 1.25 bits per heavy atom. The zero-order chi connectivity index (χ0) is 3.58. The standard InChI is InChI=1S/C2H4O2.3ClH.Fe/c1-2(3)4;;;;/h1H3,(H,3,4);3*1H;. The molecule has 1 N–H and O–H groups in total. The molecule has 8 heavy (non-hydrogen) atoms. The molecular weight excluding hydrogens is 218 g/mol. The van der Waals surface area contributed by atoms with E-state index >= 15 is 0 Å². The van der Waals surface area contributed by atoms with Gasteiger partial charge in [0, 0.05) is 24.0 Å². The first-order valence-corrected chi connectivity index (χ1v) is 0.928. The quantitative estimate of drug-likeness (QED) is 0.632. The number of carboxylic acid groups (broad SMARTS) is 1. The van der Waals surface area contributed by atoms with Gasteiger partial charge in [-0.15, -0.1) is 37.2 Å². The van der Waals surface area contributed by atoms with Gasteiger partial charge in [0.25, 0.3) is 5.97 Å². The van der Waals surface area contributed by atoms with Crippen LogP contribution in [0.2, 0.25) is 0 Å². The summed E-state index contributed by atoms with van der Waals surface area (Å²) in [4.78, 5) is 9.00. The first-order valence-electron chi connectivity index (χ1n) is 0.928. The summed E-state index contributed by atoms with van der Waals surface area (Å²) >= 11 is 0. The van der Waals surface area contributed by atoms with Crippen molar-refractivity contribution >= 4 is 43.2 Å². The zero-order valence-electron chi connectivity index (χ0n) is 3.93. The van der Waals surface area contributed by atoms with Crippen molar-refractivity contribution in [2.24, 2.45) is 0 Å². The number of hydrogen-bond donors (Lipinski definition) is 1. The molecule has 0 atom stereocenters. The van der Waals surface area contributed by atoms with Gasteiger partial charge in [0.1, 0.15) is 0 Å². The molecule has 0 bridgehead atoms. The van der Waals surface area contributed by atoms with Gasteiger partial charge in [-0.3, -0.25) is 4.79 Å². The van der Waals surface area contributed by atoms with E-state index in [9.17, 15) is 0 Å². The van der Waals surface area contributed by atoms with E-state index in [1.807, 2.05) is 0 Å². The molecule has 0 unspecified atom stereocenters. The van der Waals surface area contributed by atoms with E-state index in [4.69, 9.17) is 9.90 Å². The number of carbonyl (C=O) groups is 1. The summed E-state index contributed by atoms with van der Waals surface area (Å²) in [5.41, 5.74) is 0. The summed E-state index contributed by atoms with van der Waals surface area (Å²) < 4.78 is 0. The van der Waals surface area contributed by atoms with Crippen molar-refractivity contribution in [1.29, 1.82) is 0 Å². The molecule has 0 aliphatic rings. The number of aliphatic carboxylic acids is 1. The van der Waals surface area contributed by atoms with Gasteiger partial charge in [0.15, 0.2) is 0 Å². The van der Waals surface area contributed by atoms with Crippen LogP contribution in [0.4, 0.5) is 0 Å². The van der Waals surface area contributed by atoms with Crippen molar-refractivity contribution < 1.29 is 27.0 Å². The third kappa shape index (κ3) is 319. The SMILES string of the molecule is CC(=O)O.Cl.Cl.Cl.[Fe]. The van der Waals surface area contributed by atoms with Gasteiger partial charge < -0.3 is 5.11 Å². The second kappa shape index (κ2) is 24.8. The zero-order valence-corrected chi connectivity index (χ0v) is 7.49. The van der Waals surface area contributed by atoms with Crippen LogP contribution in [0.3, 0.4) is 0 Å². The minimum Gasteiger partial charge on any atom is -0.481 e. The van der Waals surface area contributed by atoms with Crippen LogP contribution in [0.1, 0.15) is 6.92 Å². The molecule has 0 saturated heterocycles. The van der Waals surface area contributed by atoms with Crippen LogP contribution in [0, 0.1) is 0 Å². The predicted molar refractivity (Wildman–Crippen MR) is 35.1 cm³/mol. The molecule has 0 amide bonds. The van der Waals surface area contributed by atoms with Crippen LogP contribution in [-0.2, 0) is 21.9 Å². The maximum Gasteiger partial charge on any atom is 0.300 e. The van der Waals surface area contributed by atoms with Crippen LogP contribution in [0.5, 0.6) is 0 Å². The number of carboxylic acids is 1. The number of hydrogen-bond acceptors (Lipinski definition) is 1. The second-order valence-corrected chi connectivity index (χ2v) is 0.519. The molecular formula is C2H7Cl3FeO2. The summed E-state index contributed by atoms with van der Waals surface area (Å²) in [6, 6.07) is 0. The first-order chi connectivity index (χ1) is 1.73. The van der Waals surface area contributed by atoms with Crippen molar-refractivity contribution in [3.63, 3.8) is 0 Å². The number of halogens is 3. The Kier molecular flexibility index (Phi) is 114. The first kappa shape index (κ1) is 36.7. The Morgan fingerprint density at radius 3 is 1.25 bits per heavy atom. The monoisotopic (exact) mass is 224 g/mol. The molecule has 0 spiro atoms. The third-order valence-electron chi connectivity index (χ3n) is 0. The summed E-state index contributed by atoms with van der Waals surface area (Å²) in [7, 11) is 0. The van der Waals surface area contributed by atoms with Crippen LogP contribution in [0.25, 0.3) is 0 Å². The van der Waals surface area contributed by atoms with Crippen LogP contribution in [-0.4, -0.2) is 11.1 Å². The largest absolute Gasteiger partial charge is 0.481 e. The molecule has 0 aliphatic heterocycles. The summed E-state index contributed by atoms with van der Waals surface area (Å²) in [5, 5.41) is 7.42. The molecule has 0 aromatic heterocycles. The molecule has 0 aliphatic carbocycles. The van der Waals surface area contributed by atoms with Crippen molar-refractivity contribution in [3.05, 3.63) is 0 Å². The van der Waals surface area contributed by atoms with Crippen molar-refractivity contribution in [1.82, 2.24) is 0 Å². The molecule has 0 radical (unpaired) electrons. The van der Waals surface area contributed by atoms with Gasteiger partial charge in [-0.1, -0.05) is 0 Å². The van der Waals surface area contributed by atoms with Crippen molar-refractivity contribution in [3.8, 4) is 0 Å². The second-order valence-electron chi connectivity index (χ2n) is 0.519. The molecule has 0 fully saturated rings. The Morgan fingerprint density at radius 2 is 1.25 bits per heavy atom. The van der Waals surface area contributed by atoms with Gasteiger partial charge >= 0.3 is 0 Å². The molecule has 0 aromatic rings. The van der Waals surface area contributed by atoms with Gasteiger partial charge in [-0.25, -0.2) is 0 Å². The molecule has 0 rings (SSSR count). The minimum atomic E-state index is -0.833. The Balaban J connectivity index is -0.00000000750. The molecule has 0 heterocycles. The smallest absolute Gasteiger partial charge is 0.300 e. The van der Waals surface area contributed by atoms with E-state index in [1.165, 1.54) is 0 Å². The van der Waals surface area contributed by atoms with Crippen LogP contribution < -0.4 is 0 Å². The van der Waals surface area contributed by atoms with Gasteiger partial charge in [0.05, 0.1) is 0 Å². The Bertz CT molecular complexity index is 38.3. The van der Waals surface area contributed by atoms with E-state index in [1.54, 1.807) is 0 Å². The van der Waals surface area contributed by atoms with E-state index in [-0.39, 0.29) is 54.3 Å². The van der Waals surface area contributed by atoms with Gasteiger partial charge in [0.2, 0.25) is 0 Å². The Labute approximate surface area is 77.1 Å².